The van der Waals surface area contributed by atoms with Crippen molar-refractivity contribution < 1.29 is 13.9 Å². The Morgan fingerprint density at radius 3 is 2.50 bits per heavy atom. The Kier molecular flexibility index (Phi) is 6.18. The average molecular weight is 451 g/mol. The van der Waals surface area contributed by atoms with E-state index in [1.165, 1.54) is 12.1 Å². The van der Waals surface area contributed by atoms with Gasteiger partial charge < -0.3 is 10.1 Å². The molecular weight excluding hydrogens is 431 g/mol. The van der Waals surface area contributed by atoms with Crippen molar-refractivity contribution in [2.75, 3.05) is 11.9 Å². The lowest BCUT2D eigenvalue weighted by Crippen LogP contribution is -2.14. The van der Waals surface area contributed by atoms with Crippen LogP contribution >= 0.6 is 11.6 Å². The van der Waals surface area contributed by atoms with Crippen LogP contribution in [0.2, 0.25) is 5.02 Å². The number of anilines is 1. The molecule has 1 aromatic heterocycles. The molecule has 3 aromatic carbocycles. The molecule has 1 N–H and O–H groups in total. The van der Waals surface area contributed by atoms with Gasteiger partial charge in [-0.1, -0.05) is 17.7 Å². The normalized spacial score (nSPS) is 10.8. The van der Waals surface area contributed by atoms with Gasteiger partial charge in [0.15, 0.2) is 5.82 Å². The summed E-state index contributed by atoms with van der Waals surface area (Å²) in [6.07, 6.45) is 0. The van der Waals surface area contributed by atoms with E-state index in [9.17, 15) is 9.18 Å². The number of amides is 1. The van der Waals surface area contributed by atoms with Gasteiger partial charge in [0.1, 0.15) is 11.6 Å². The Labute approximate surface area is 189 Å². The van der Waals surface area contributed by atoms with Crippen LogP contribution in [-0.4, -0.2) is 27.3 Å². The highest BCUT2D eigenvalue weighted by molar-refractivity contribution is 6.30. The molecule has 4 rings (SSSR count). The highest BCUT2D eigenvalue weighted by atomic mass is 35.5. The predicted molar refractivity (Wildman–Crippen MR) is 122 cm³/mol. The first-order valence-electron chi connectivity index (χ1n) is 9.98. The van der Waals surface area contributed by atoms with Crippen LogP contribution in [0.25, 0.3) is 17.1 Å². The standard InChI is InChI=1S/C24H20ClFN4O2/c1-3-32-20-12-10-19(11-13-20)27-24(31)22-28-23(16-5-8-18(26)9-6-16)30(29-22)21-14-17(25)7-4-15(21)2/h4-14H,3H2,1-2H3,(H,27,31). The molecule has 0 saturated heterocycles. The molecule has 0 aliphatic heterocycles. The van der Waals surface area contributed by atoms with E-state index >= 15 is 0 Å². The summed E-state index contributed by atoms with van der Waals surface area (Å²) in [5.41, 5.74) is 2.75. The van der Waals surface area contributed by atoms with Gasteiger partial charge in [0.05, 0.1) is 12.3 Å². The first kappa shape index (κ1) is 21.5. The Balaban J connectivity index is 1.72. The first-order valence-corrected chi connectivity index (χ1v) is 10.4. The lowest BCUT2D eigenvalue weighted by molar-refractivity contribution is 0.101. The van der Waals surface area contributed by atoms with E-state index < -0.39 is 5.91 Å². The fourth-order valence-electron chi connectivity index (χ4n) is 3.16. The van der Waals surface area contributed by atoms with Gasteiger partial charge in [0.2, 0.25) is 5.82 Å². The minimum atomic E-state index is -0.476. The third kappa shape index (κ3) is 4.63. The first-order chi connectivity index (χ1) is 15.4. The number of aromatic nitrogens is 3. The van der Waals surface area contributed by atoms with Crippen LogP contribution in [0.3, 0.4) is 0 Å². The van der Waals surface area contributed by atoms with Crippen LogP contribution in [0.5, 0.6) is 5.75 Å². The topological polar surface area (TPSA) is 69.0 Å². The van der Waals surface area contributed by atoms with Gasteiger partial charge >= 0.3 is 0 Å². The number of rotatable bonds is 6. The van der Waals surface area contributed by atoms with Gasteiger partial charge in [-0.25, -0.2) is 14.1 Å². The summed E-state index contributed by atoms with van der Waals surface area (Å²) in [6.45, 7) is 4.36. The highest BCUT2D eigenvalue weighted by Gasteiger charge is 2.20. The van der Waals surface area contributed by atoms with Crippen LogP contribution in [0.1, 0.15) is 23.1 Å². The molecule has 0 atom stereocenters. The lowest BCUT2D eigenvalue weighted by atomic mass is 10.1. The third-order valence-corrected chi connectivity index (χ3v) is 4.97. The molecule has 8 heteroatoms. The number of carbonyl (C=O) groups is 1. The quantitative estimate of drug-likeness (QED) is 0.410. The zero-order valence-electron chi connectivity index (χ0n) is 17.5. The molecule has 0 aliphatic rings. The maximum Gasteiger partial charge on any atom is 0.295 e. The Hall–Kier alpha value is -3.71. The van der Waals surface area contributed by atoms with Gasteiger partial charge in [0.25, 0.3) is 5.91 Å². The van der Waals surface area contributed by atoms with Gasteiger partial charge in [-0.3, -0.25) is 4.79 Å². The maximum atomic E-state index is 13.5. The molecule has 6 nitrogen and oxygen atoms in total. The number of halogens is 2. The van der Waals surface area contributed by atoms with E-state index in [2.05, 4.69) is 15.4 Å². The van der Waals surface area contributed by atoms with E-state index in [0.29, 0.717) is 40.1 Å². The number of ether oxygens (including phenoxy) is 1. The van der Waals surface area contributed by atoms with Crippen molar-refractivity contribution in [3.8, 4) is 22.8 Å². The van der Waals surface area contributed by atoms with Gasteiger partial charge in [-0.2, -0.15) is 0 Å². The van der Waals surface area contributed by atoms with Crippen LogP contribution in [-0.2, 0) is 0 Å². The molecule has 0 aliphatic carbocycles. The molecule has 0 radical (unpaired) electrons. The zero-order valence-corrected chi connectivity index (χ0v) is 18.2. The minimum Gasteiger partial charge on any atom is -0.494 e. The smallest absolute Gasteiger partial charge is 0.295 e. The Morgan fingerprint density at radius 2 is 1.81 bits per heavy atom. The van der Waals surface area contributed by atoms with Crippen LogP contribution in [0.4, 0.5) is 10.1 Å². The van der Waals surface area contributed by atoms with E-state index in [0.717, 1.165) is 5.56 Å². The molecule has 0 unspecified atom stereocenters. The van der Waals surface area contributed by atoms with Crippen LogP contribution in [0, 0.1) is 12.7 Å². The summed E-state index contributed by atoms with van der Waals surface area (Å²) in [4.78, 5) is 17.3. The van der Waals surface area contributed by atoms with Crippen molar-refractivity contribution in [3.63, 3.8) is 0 Å². The molecule has 32 heavy (non-hydrogen) atoms. The van der Waals surface area contributed by atoms with E-state index in [1.54, 1.807) is 53.2 Å². The third-order valence-electron chi connectivity index (χ3n) is 4.74. The molecule has 162 valence electrons. The number of hydrogen-bond acceptors (Lipinski definition) is 4. The van der Waals surface area contributed by atoms with Crippen molar-refractivity contribution in [1.29, 1.82) is 0 Å². The summed E-state index contributed by atoms with van der Waals surface area (Å²) in [7, 11) is 0. The zero-order chi connectivity index (χ0) is 22.7. The maximum absolute atomic E-state index is 13.5. The van der Waals surface area contributed by atoms with Crippen molar-refractivity contribution in [3.05, 3.63) is 89.0 Å². The van der Waals surface area contributed by atoms with Crippen molar-refractivity contribution in [2.24, 2.45) is 0 Å². The van der Waals surface area contributed by atoms with E-state index in [1.807, 2.05) is 19.9 Å². The molecular formula is C24H20ClFN4O2. The van der Waals surface area contributed by atoms with E-state index in [-0.39, 0.29) is 11.6 Å². The lowest BCUT2D eigenvalue weighted by Gasteiger charge is -2.09. The largest absolute Gasteiger partial charge is 0.494 e. The van der Waals surface area contributed by atoms with Crippen molar-refractivity contribution in [2.45, 2.75) is 13.8 Å². The average Bonchev–Trinajstić information content (AvgIpc) is 3.23. The van der Waals surface area contributed by atoms with Gasteiger partial charge in [-0.05, 0) is 80.1 Å². The fourth-order valence-corrected chi connectivity index (χ4v) is 3.33. The predicted octanol–water partition coefficient (Wildman–Crippen LogP) is 5.69. The van der Waals surface area contributed by atoms with Gasteiger partial charge in [0, 0.05) is 16.3 Å². The van der Waals surface area contributed by atoms with Gasteiger partial charge in [-0.15, -0.1) is 5.10 Å². The molecule has 1 heterocycles. The highest BCUT2D eigenvalue weighted by Crippen LogP contribution is 2.26. The SMILES string of the molecule is CCOc1ccc(NC(=O)c2nc(-c3ccc(F)cc3)n(-c3cc(Cl)ccc3C)n2)cc1. The van der Waals surface area contributed by atoms with E-state index in [4.69, 9.17) is 16.3 Å². The molecule has 1 amide bonds. The summed E-state index contributed by atoms with van der Waals surface area (Å²) in [6, 6.07) is 18.2. The summed E-state index contributed by atoms with van der Waals surface area (Å²) in [5, 5.41) is 7.75. The second kappa shape index (κ2) is 9.20. The number of benzene rings is 3. The Bertz CT molecular complexity index is 1250. The second-order valence-electron chi connectivity index (χ2n) is 7.02. The van der Waals surface area contributed by atoms with Crippen molar-refractivity contribution in [1.82, 2.24) is 14.8 Å². The van der Waals surface area contributed by atoms with Crippen LogP contribution in [0.15, 0.2) is 66.7 Å². The second-order valence-corrected chi connectivity index (χ2v) is 7.46. The molecule has 0 spiro atoms. The number of nitrogens with zero attached hydrogens (tertiary/aromatic N) is 3. The summed E-state index contributed by atoms with van der Waals surface area (Å²) < 4.78 is 20.4. The monoisotopic (exact) mass is 450 g/mol. The number of nitrogens with one attached hydrogen (secondary N) is 1. The molecule has 0 bridgehead atoms. The number of aryl methyl sites for hydroxylation is 1. The fraction of sp³-hybridized carbons (Fsp3) is 0.125. The number of carbonyl (C=O) groups excluding carboxylic acids is 1. The van der Waals surface area contributed by atoms with Crippen LogP contribution < -0.4 is 10.1 Å². The molecule has 4 aromatic rings. The summed E-state index contributed by atoms with van der Waals surface area (Å²) >= 11 is 6.20. The Morgan fingerprint density at radius 1 is 1.09 bits per heavy atom. The van der Waals surface area contributed by atoms with Crippen molar-refractivity contribution >= 4 is 23.2 Å². The molecule has 0 fully saturated rings. The molecule has 0 saturated carbocycles. The number of hydrogen-bond donors (Lipinski definition) is 1. The minimum absolute atomic E-state index is 0.0300. The summed E-state index contributed by atoms with van der Waals surface area (Å²) in [5.74, 6) is 0.232.